The van der Waals surface area contributed by atoms with Crippen LogP contribution in [0, 0.1) is 6.92 Å². The van der Waals surface area contributed by atoms with E-state index in [0.717, 1.165) is 0 Å². The van der Waals surface area contributed by atoms with Gasteiger partial charge in [-0.1, -0.05) is 42.3 Å². The van der Waals surface area contributed by atoms with Crippen molar-refractivity contribution in [3.8, 4) is 11.1 Å². The van der Waals surface area contributed by atoms with Gasteiger partial charge in [-0.15, -0.1) is 0 Å². The summed E-state index contributed by atoms with van der Waals surface area (Å²) < 4.78 is 43.8. The Morgan fingerprint density at radius 3 is 2.59 bits per heavy atom. The largest absolute Gasteiger partial charge is 0.465 e. The minimum absolute atomic E-state index is 0.0780. The van der Waals surface area contributed by atoms with Crippen LogP contribution in [0.3, 0.4) is 0 Å². The van der Waals surface area contributed by atoms with Gasteiger partial charge in [0.1, 0.15) is 0 Å². The summed E-state index contributed by atoms with van der Waals surface area (Å²) in [6.07, 6.45) is 0. The highest BCUT2D eigenvalue weighted by atomic mass is 16.5. The van der Waals surface area contributed by atoms with Gasteiger partial charge in [0.15, 0.2) is 0 Å². The van der Waals surface area contributed by atoms with Gasteiger partial charge >= 0.3 is 5.97 Å². The number of carbonyl (C=O) groups excluding carboxylic acids is 1. The molecule has 0 aliphatic heterocycles. The Bertz CT molecular complexity index is 742. The van der Waals surface area contributed by atoms with Crippen molar-refractivity contribution in [2.75, 3.05) is 7.11 Å². The van der Waals surface area contributed by atoms with Crippen molar-refractivity contribution >= 4 is 5.97 Å². The van der Waals surface area contributed by atoms with Crippen LogP contribution in [0.15, 0.2) is 48.4 Å². The highest BCUT2D eigenvalue weighted by molar-refractivity contribution is 5.93. The van der Waals surface area contributed by atoms with Crippen LogP contribution >= 0.6 is 0 Å². The first-order valence-electron chi connectivity index (χ1n) is 7.56. The lowest BCUT2D eigenvalue weighted by Gasteiger charge is -2.09. The molecule has 0 N–H and O–H groups in total. The second kappa shape index (κ2) is 4.83. The quantitative estimate of drug-likeness (QED) is 0.740. The molecule has 2 aromatic carbocycles. The Morgan fingerprint density at radius 2 is 1.94 bits per heavy atom. The SMILES string of the molecule is [2H]c1c([2H])c([2H])c(-c2cccc(C(=O)OC)c2C)c([2H])c1[2H]. The molecular formula is C15H14O2. The summed E-state index contributed by atoms with van der Waals surface area (Å²) in [6.45, 7) is 1.66. The van der Waals surface area contributed by atoms with E-state index >= 15 is 0 Å². The third-order valence-electron chi connectivity index (χ3n) is 2.51. The number of hydrogen-bond acceptors (Lipinski definition) is 2. The second-order valence-corrected chi connectivity index (χ2v) is 3.47. The van der Waals surface area contributed by atoms with Crippen molar-refractivity contribution in [3.05, 3.63) is 59.5 Å². The van der Waals surface area contributed by atoms with Gasteiger partial charge in [-0.2, -0.15) is 0 Å². The molecule has 0 saturated heterocycles. The lowest BCUT2D eigenvalue weighted by Crippen LogP contribution is -2.04. The lowest BCUT2D eigenvalue weighted by atomic mass is 9.96. The van der Waals surface area contributed by atoms with Crippen LogP contribution in [0.4, 0.5) is 0 Å². The molecule has 2 nitrogen and oxygen atoms in total. The highest BCUT2D eigenvalue weighted by Gasteiger charge is 2.12. The van der Waals surface area contributed by atoms with Gasteiger partial charge in [-0.25, -0.2) is 4.79 Å². The van der Waals surface area contributed by atoms with Crippen molar-refractivity contribution in [1.29, 1.82) is 0 Å². The Hall–Kier alpha value is -2.09. The zero-order valence-corrected chi connectivity index (χ0v) is 9.55. The molecule has 0 atom stereocenters. The maximum Gasteiger partial charge on any atom is 0.338 e. The molecule has 2 aromatic rings. The molecule has 0 heterocycles. The highest BCUT2D eigenvalue weighted by Crippen LogP contribution is 2.25. The van der Waals surface area contributed by atoms with Gasteiger partial charge in [0.25, 0.3) is 0 Å². The van der Waals surface area contributed by atoms with Gasteiger partial charge in [-0.3, -0.25) is 0 Å². The van der Waals surface area contributed by atoms with Gasteiger partial charge in [0.05, 0.1) is 19.5 Å². The van der Waals surface area contributed by atoms with Gasteiger partial charge in [0, 0.05) is 0 Å². The van der Waals surface area contributed by atoms with Gasteiger partial charge in [0.2, 0.25) is 0 Å². The van der Waals surface area contributed by atoms with E-state index in [4.69, 9.17) is 11.6 Å². The van der Waals surface area contributed by atoms with E-state index in [9.17, 15) is 4.79 Å². The van der Waals surface area contributed by atoms with E-state index in [1.165, 1.54) is 7.11 Å². The van der Waals surface area contributed by atoms with Crippen LogP contribution in [0.1, 0.15) is 22.8 Å². The van der Waals surface area contributed by atoms with E-state index in [1.807, 2.05) is 0 Å². The first kappa shape index (κ1) is 6.60. The zero-order chi connectivity index (χ0) is 16.6. The maximum absolute atomic E-state index is 11.8. The van der Waals surface area contributed by atoms with E-state index in [-0.39, 0.29) is 17.6 Å². The molecule has 17 heavy (non-hydrogen) atoms. The first-order valence-corrected chi connectivity index (χ1v) is 5.06. The molecule has 0 radical (unpaired) electrons. The standard InChI is InChI=1S/C15H14O2/c1-11-13(12-7-4-3-5-8-12)9-6-10-14(11)15(16)17-2/h3-10H,1-2H3/i3D,4D,5D,7D,8D. The third-order valence-corrected chi connectivity index (χ3v) is 2.51. The molecule has 0 saturated carbocycles. The molecule has 0 bridgehead atoms. The molecule has 0 amide bonds. The normalized spacial score (nSPS) is 14.1. The van der Waals surface area contributed by atoms with E-state index in [1.54, 1.807) is 25.1 Å². The molecular weight excluding hydrogens is 212 g/mol. The van der Waals surface area contributed by atoms with E-state index in [2.05, 4.69) is 0 Å². The minimum Gasteiger partial charge on any atom is -0.465 e. The first-order chi connectivity index (χ1) is 10.3. The predicted octanol–water partition coefficient (Wildman–Crippen LogP) is 3.45. The molecule has 0 spiro atoms. The lowest BCUT2D eigenvalue weighted by molar-refractivity contribution is 0.0600. The van der Waals surface area contributed by atoms with Crippen LogP contribution in [0.5, 0.6) is 0 Å². The van der Waals surface area contributed by atoms with Crippen LogP contribution in [0.25, 0.3) is 11.1 Å². The summed E-state index contributed by atoms with van der Waals surface area (Å²) in [4.78, 5) is 11.8. The zero-order valence-electron chi connectivity index (χ0n) is 14.5. The van der Waals surface area contributed by atoms with E-state index in [0.29, 0.717) is 16.7 Å². The fourth-order valence-electron chi connectivity index (χ4n) is 1.62. The third kappa shape index (κ3) is 2.21. The molecule has 86 valence electrons. The molecule has 0 aromatic heterocycles. The van der Waals surface area contributed by atoms with E-state index < -0.39 is 24.1 Å². The fourth-order valence-corrected chi connectivity index (χ4v) is 1.62. The van der Waals surface area contributed by atoms with Crippen LogP contribution in [-0.2, 0) is 4.74 Å². The molecule has 2 rings (SSSR count). The molecule has 0 aliphatic carbocycles. The van der Waals surface area contributed by atoms with Crippen LogP contribution in [-0.4, -0.2) is 13.1 Å². The van der Waals surface area contributed by atoms with Gasteiger partial charge < -0.3 is 4.74 Å². The summed E-state index contributed by atoms with van der Waals surface area (Å²) in [7, 11) is 1.26. The molecule has 0 fully saturated rings. The summed E-state index contributed by atoms with van der Waals surface area (Å²) in [5, 5.41) is 0. The topological polar surface area (TPSA) is 26.3 Å². The average molecular weight is 231 g/mol. The van der Waals surface area contributed by atoms with Crippen molar-refractivity contribution in [3.63, 3.8) is 0 Å². The van der Waals surface area contributed by atoms with Crippen LogP contribution < -0.4 is 0 Å². The Morgan fingerprint density at radius 1 is 1.24 bits per heavy atom. The average Bonchev–Trinajstić information content (AvgIpc) is 2.52. The summed E-state index contributed by atoms with van der Waals surface area (Å²) in [5.41, 5.74) is 1.30. The summed E-state index contributed by atoms with van der Waals surface area (Å²) in [5.74, 6) is -0.535. The monoisotopic (exact) mass is 231 g/mol. The number of carbonyl (C=O) groups is 1. The number of methoxy groups -OCH3 is 1. The molecule has 0 unspecified atom stereocenters. The number of rotatable bonds is 2. The summed E-state index contributed by atoms with van der Waals surface area (Å²) >= 11 is 0. The maximum atomic E-state index is 11.8. The minimum atomic E-state index is -0.535. The smallest absolute Gasteiger partial charge is 0.338 e. The van der Waals surface area contributed by atoms with Crippen molar-refractivity contribution in [2.24, 2.45) is 0 Å². The molecule has 2 heteroatoms. The van der Waals surface area contributed by atoms with Gasteiger partial charge in [-0.05, 0) is 29.7 Å². The second-order valence-electron chi connectivity index (χ2n) is 3.47. The van der Waals surface area contributed by atoms with Crippen molar-refractivity contribution in [2.45, 2.75) is 6.92 Å². The van der Waals surface area contributed by atoms with Crippen molar-refractivity contribution < 1.29 is 16.4 Å². The predicted molar refractivity (Wildman–Crippen MR) is 68.0 cm³/mol. The number of benzene rings is 2. The van der Waals surface area contributed by atoms with Crippen molar-refractivity contribution in [1.82, 2.24) is 0 Å². The van der Waals surface area contributed by atoms with Crippen LogP contribution in [0.2, 0.25) is 0 Å². The molecule has 0 aliphatic rings. The summed E-state index contributed by atoms with van der Waals surface area (Å²) in [6, 6.07) is 2.94. The number of ether oxygens (including phenoxy) is 1. The Balaban J connectivity index is 2.82. The number of hydrogen-bond donors (Lipinski definition) is 0. The Labute approximate surface area is 108 Å². The number of esters is 1. The Kier molecular flexibility index (Phi) is 1.87. The fraction of sp³-hybridized carbons (Fsp3) is 0.133.